The average Bonchev–Trinajstić information content (AvgIpc) is 2.35. The highest BCUT2D eigenvalue weighted by Gasteiger charge is 2.38. The fraction of sp³-hybridized carbons (Fsp3) is 0.462. The van der Waals surface area contributed by atoms with Gasteiger partial charge in [0.15, 0.2) is 0 Å². The lowest BCUT2D eigenvalue weighted by Crippen LogP contribution is -2.47. The van der Waals surface area contributed by atoms with Crippen molar-refractivity contribution in [2.24, 2.45) is 5.92 Å². The quantitative estimate of drug-likeness (QED) is 0.893. The minimum atomic E-state index is -2.95. The van der Waals surface area contributed by atoms with E-state index in [1.54, 1.807) is 7.05 Å². The van der Waals surface area contributed by atoms with Crippen LogP contribution in [0.25, 0.3) is 0 Å². The fourth-order valence-corrected chi connectivity index (χ4v) is 2.13. The molecule has 1 aromatic heterocycles. The highest BCUT2D eigenvalue weighted by Crippen LogP contribution is 2.31. The van der Waals surface area contributed by atoms with Gasteiger partial charge in [-0.15, -0.1) is 0 Å². The summed E-state index contributed by atoms with van der Waals surface area (Å²) < 4.78 is 28.1. The maximum absolute atomic E-state index is 12.1. The van der Waals surface area contributed by atoms with Crippen molar-refractivity contribution in [1.29, 1.82) is 0 Å². The van der Waals surface area contributed by atoms with Crippen molar-refractivity contribution in [2.75, 3.05) is 7.05 Å². The van der Waals surface area contributed by atoms with Crippen LogP contribution in [0.15, 0.2) is 18.3 Å². The van der Waals surface area contributed by atoms with E-state index in [1.165, 1.54) is 17.0 Å². The van der Waals surface area contributed by atoms with Crippen LogP contribution in [-0.4, -0.2) is 46.6 Å². The summed E-state index contributed by atoms with van der Waals surface area (Å²) in [5.41, 5.74) is 0.0953. The molecule has 0 aliphatic heterocycles. The summed E-state index contributed by atoms with van der Waals surface area (Å²) in [5, 5.41) is 8.80. The highest BCUT2D eigenvalue weighted by atomic mass is 19.3. The largest absolute Gasteiger partial charge is 0.481 e. The zero-order valence-electron chi connectivity index (χ0n) is 11.2. The molecule has 21 heavy (non-hydrogen) atoms. The maximum atomic E-state index is 12.1. The molecule has 0 radical (unpaired) electrons. The lowest BCUT2D eigenvalue weighted by molar-refractivity contribution is -0.146. The summed E-state index contributed by atoms with van der Waals surface area (Å²) in [6.07, 6.45) is 1.86. The van der Waals surface area contributed by atoms with Crippen LogP contribution >= 0.6 is 0 Å². The van der Waals surface area contributed by atoms with Crippen molar-refractivity contribution in [3.8, 4) is 5.75 Å². The Morgan fingerprint density at radius 2 is 2.10 bits per heavy atom. The normalized spacial score (nSPS) is 20.8. The molecule has 8 heteroatoms. The van der Waals surface area contributed by atoms with Gasteiger partial charge >= 0.3 is 12.6 Å². The van der Waals surface area contributed by atoms with Gasteiger partial charge in [-0.05, 0) is 25.0 Å². The van der Waals surface area contributed by atoms with Crippen LogP contribution < -0.4 is 4.74 Å². The van der Waals surface area contributed by atoms with Gasteiger partial charge in [-0.25, -0.2) is 4.98 Å². The number of rotatable bonds is 5. The van der Waals surface area contributed by atoms with Gasteiger partial charge in [0, 0.05) is 13.1 Å². The van der Waals surface area contributed by atoms with E-state index in [4.69, 9.17) is 5.11 Å². The topological polar surface area (TPSA) is 79.7 Å². The predicted octanol–water partition coefficient (Wildman–Crippen LogP) is 1.62. The van der Waals surface area contributed by atoms with Crippen LogP contribution in [-0.2, 0) is 4.79 Å². The molecule has 1 amide bonds. The SMILES string of the molecule is CN(C(=O)c1ccc(OC(F)F)cn1)C1CC(C(=O)O)C1. The van der Waals surface area contributed by atoms with Gasteiger partial charge < -0.3 is 14.7 Å². The monoisotopic (exact) mass is 300 g/mol. The first-order chi connectivity index (χ1) is 9.88. The number of hydrogen-bond donors (Lipinski definition) is 1. The van der Waals surface area contributed by atoms with Crippen LogP contribution in [0, 0.1) is 5.92 Å². The number of ether oxygens (including phenoxy) is 1. The molecule has 0 bridgehead atoms. The molecule has 1 aliphatic rings. The van der Waals surface area contributed by atoms with Crippen LogP contribution in [0.1, 0.15) is 23.3 Å². The first kappa shape index (κ1) is 15.1. The third-order valence-electron chi connectivity index (χ3n) is 3.51. The number of aromatic nitrogens is 1. The lowest BCUT2D eigenvalue weighted by atomic mass is 9.79. The van der Waals surface area contributed by atoms with Crippen molar-refractivity contribution in [3.63, 3.8) is 0 Å². The van der Waals surface area contributed by atoms with Crippen molar-refractivity contribution in [2.45, 2.75) is 25.5 Å². The maximum Gasteiger partial charge on any atom is 0.387 e. The number of carboxylic acids is 1. The Morgan fingerprint density at radius 3 is 2.57 bits per heavy atom. The molecule has 1 aliphatic carbocycles. The molecule has 0 atom stereocenters. The van der Waals surface area contributed by atoms with E-state index in [1.807, 2.05) is 0 Å². The molecule has 114 valence electrons. The van der Waals surface area contributed by atoms with E-state index in [0.29, 0.717) is 12.8 Å². The fourth-order valence-electron chi connectivity index (χ4n) is 2.13. The van der Waals surface area contributed by atoms with Gasteiger partial charge in [0.05, 0.1) is 12.1 Å². The molecule has 1 fully saturated rings. The molecule has 1 heterocycles. The number of carbonyl (C=O) groups excluding carboxylic acids is 1. The standard InChI is InChI=1S/C13H14F2N2O4/c1-17(8-4-7(5-8)12(19)20)11(18)10-3-2-9(6-16-10)21-13(14)15/h2-3,6-8,13H,4-5H2,1H3,(H,19,20). The number of halogens is 2. The number of carbonyl (C=O) groups is 2. The zero-order valence-corrected chi connectivity index (χ0v) is 11.2. The van der Waals surface area contributed by atoms with Gasteiger partial charge in [0.1, 0.15) is 11.4 Å². The second kappa shape index (κ2) is 6.02. The summed E-state index contributed by atoms with van der Waals surface area (Å²) in [6, 6.07) is 2.39. The smallest absolute Gasteiger partial charge is 0.387 e. The Hall–Kier alpha value is -2.25. The van der Waals surface area contributed by atoms with Crippen LogP contribution in [0.2, 0.25) is 0 Å². The van der Waals surface area contributed by atoms with Gasteiger partial charge in [0.25, 0.3) is 5.91 Å². The third kappa shape index (κ3) is 3.45. The molecule has 1 saturated carbocycles. The Balaban J connectivity index is 1.95. The lowest BCUT2D eigenvalue weighted by Gasteiger charge is -2.38. The van der Waals surface area contributed by atoms with Gasteiger partial charge in [-0.2, -0.15) is 8.78 Å². The minimum Gasteiger partial charge on any atom is -0.481 e. The Morgan fingerprint density at radius 1 is 1.43 bits per heavy atom. The number of alkyl halides is 2. The molecular weight excluding hydrogens is 286 g/mol. The van der Waals surface area contributed by atoms with E-state index in [0.717, 1.165) is 6.20 Å². The summed E-state index contributed by atoms with van der Waals surface area (Å²) in [7, 11) is 1.57. The van der Waals surface area contributed by atoms with Gasteiger partial charge in [-0.3, -0.25) is 9.59 Å². The molecule has 0 saturated heterocycles. The predicted molar refractivity (Wildman–Crippen MR) is 67.1 cm³/mol. The molecule has 2 rings (SSSR count). The first-order valence-electron chi connectivity index (χ1n) is 6.29. The number of nitrogens with zero attached hydrogens (tertiary/aromatic N) is 2. The number of amides is 1. The van der Waals surface area contributed by atoms with Crippen LogP contribution in [0.3, 0.4) is 0 Å². The Kier molecular flexibility index (Phi) is 4.35. The van der Waals surface area contributed by atoms with Crippen molar-refractivity contribution in [3.05, 3.63) is 24.0 Å². The van der Waals surface area contributed by atoms with Crippen molar-refractivity contribution >= 4 is 11.9 Å². The van der Waals surface area contributed by atoms with E-state index >= 15 is 0 Å². The van der Waals surface area contributed by atoms with Gasteiger partial charge in [0.2, 0.25) is 0 Å². The molecule has 1 aromatic rings. The second-order valence-corrected chi connectivity index (χ2v) is 4.83. The summed E-state index contributed by atoms with van der Waals surface area (Å²) in [5.74, 6) is -1.79. The summed E-state index contributed by atoms with van der Waals surface area (Å²) >= 11 is 0. The second-order valence-electron chi connectivity index (χ2n) is 4.83. The van der Waals surface area contributed by atoms with Crippen molar-refractivity contribution < 1.29 is 28.2 Å². The number of hydrogen-bond acceptors (Lipinski definition) is 4. The zero-order chi connectivity index (χ0) is 15.6. The Labute approximate surface area is 119 Å². The molecule has 0 spiro atoms. The average molecular weight is 300 g/mol. The minimum absolute atomic E-state index is 0.0953. The number of aliphatic carboxylic acids is 1. The van der Waals surface area contributed by atoms with E-state index in [9.17, 15) is 18.4 Å². The van der Waals surface area contributed by atoms with E-state index in [2.05, 4.69) is 9.72 Å². The van der Waals surface area contributed by atoms with Crippen LogP contribution in [0.4, 0.5) is 8.78 Å². The Bertz CT molecular complexity index is 529. The molecular formula is C13H14F2N2O4. The molecule has 6 nitrogen and oxygen atoms in total. The summed E-state index contributed by atoms with van der Waals surface area (Å²) in [4.78, 5) is 28.0. The van der Waals surface area contributed by atoms with Crippen molar-refractivity contribution in [1.82, 2.24) is 9.88 Å². The van der Waals surface area contributed by atoms with E-state index in [-0.39, 0.29) is 23.4 Å². The summed E-state index contributed by atoms with van der Waals surface area (Å²) in [6.45, 7) is -2.95. The van der Waals surface area contributed by atoms with E-state index < -0.39 is 18.5 Å². The van der Waals surface area contributed by atoms with Gasteiger partial charge in [-0.1, -0.05) is 0 Å². The first-order valence-corrected chi connectivity index (χ1v) is 6.29. The number of carboxylic acid groups (broad SMARTS) is 1. The molecule has 1 N–H and O–H groups in total. The van der Waals surface area contributed by atoms with Crippen LogP contribution in [0.5, 0.6) is 5.75 Å². The molecule has 0 unspecified atom stereocenters. The number of pyridine rings is 1. The third-order valence-corrected chi connectivity index (χ3v) is 3.51. The highest BCUT2D eigenvalue weighted by molar-refractivity contribution is 5.92. The molecule has 0 aromatic carbocycles.